The fraction of sp³-hybridized carbons (Fsp3) is 0.200. The van der Waals surface area contributed by atoms with E-state index in [1.54, 1.807) is 25.3 Å². The number of nitro benzene ring substituents is 1. The Morgan fingerprint density at radius 1 is 0.833 bits per heavy atom. The van der Waals surface area contributed by atoms with Gasteiger partial charge in [0, 0.05) is 42.6 Å². The van der Waals surface area contributed by atoms with Crippen molar-refractivity contribution in [2.45, 2.75) is 6.54 Å². The van der Waals surface area contributed by atoms with Crippen LogP contribution in [0.15, 0.2) is 60.7 Å². The third-order valence-corrected chi connectivity index (χ3v) is 5.12. The van der Waals surface area contributed by atoms with Crippen molar-refractivity contribution in [1.29, 1.82) is 0 Å². The highest BCUT2D eigenvalue weighted by Crippen LogP contribution is 2.28. The topological polar surface area (TPSA) is 141 Å². The maximum Gasteiger partial charge on any atom is 0.270 e. The summed E-state index contributed by atoms with van der Waals surface area (Å²) in [7, 11) is 4.52. The number of nitrogens with zero attached hydrogens (tertiary/aromatic N) is 1. The van der Waals surface area contributed by atoms with Gasteiger partial charge in [0.2, 0.25) is 5.91 Å². The molecule has 2 amide bonds. The molecule has 0 saturated heterocycles. The van der Waals surface area contributed by atoms with Gasteiger partial charge in [0.05, 0.1) is 44.0 Å². The monoisotopic (exact) mass is 494 g/mol. The summed E-state index contributed by atoms with van der Waals surface area (Å²) in [6, 6.07) is 15.8. The quantitative estimate of drug-likeness (QED) is 0.271. The molecule has 0 radical (unpaired) electrons. The lowest BCUT2D eigenvalue weighted by molar-refractivity contribution is -0.384. The largest absolute Gasteiger partial charge is 0.497 e. The van der Waals surface area contributed by atoms with Crippen molar-refractivity contribution in [2.75, 3.05) is 38.5 Å². The Bertz CT molecular complexity index is 1220. The molecule has 3 rings (SSSR count). The number of hydrogen-bond acceptors (Lipinski definition) is 8. The highest BCUT2D eigenvalue weighted by molar-refractivity contribution is 6.10. The van der Waals surface area contributed by atoms with Gasteiger partial charge >= 0.3 is 0 Å². The van der Waals surface area contributed by atoms with E-state index in [4.69, 9.17) is 14.2 Å². The zero-order chi connectivity index (χ0) is 26.1. The summed E-state index contributed by atoms with van der Waals surface area (Å²) in [6.07, 6.45) is 0. The number of non-ortho nitro benzene ring substituents is 1. The Morgan fingerprint density at radius 2 is 1.47 bits per heavy atom. The van der Waals surface area contributed by atoms with Crippen LogP contribution in [0.3, 0.4) is 0 Å². The molecule has 0 spiro atoms. The van der Waals surface area contributed by atoms with E-state index in [2.05, 4.69) is 16.0 Å². The predicted octanol–water partition coefficient (Wildman–Crippen LogP) is 3.60. The van der Waals surface area contributed by atoms with Crippen LogP contribution >= 0.6 is 0 Å². The molecule has 0 aliphatic heterocycles. The van der Waals surface area contributed by atoms with Crippen LogP contribution in [0.1, 0.15) is 15.9 Å². The molecule has 0 aliphatic carbocycles. The number of carbonyl (C=O) groups excluding carboxylic acids is 2. The van der Waals surface area contributed by atoms with Crippen molar-refractivity contribution >= 4 is 28.9 Å². The molecule has 3 aromatic rings. The third kappa shape index (κ3) is 6.93. The summed E-state index contributed by atoms with van der Waals surface area (Å²) in [5, 5.41) is 19.6. The number of carbonyl (C=O) groups is 2. The van der Waals surface area contributed by atoms with Crippen LogP contribution in [-0.4, -0.2) is 44.6 Å². The van der Waals surface area contributed by atoms with Crippen LogP contribution in [0, 0.1) is 10.1 Å². The lowest BCUT2D eigenvalue weighted by Gasteiger charge is -2.13. The van der Waals surface area contributed by atoms with Gasteiger partial charge in [0.1, 0.15) is 17.2 Å². The van der Waals surface area contributed by atoms with Gasteiger partial charge in [-0.05, 0) is 23.8 Å². The number of nitro groups is 1. The Hall–Kier alpha value is -4.64. The molecule has 11 heteroatoms. The molecule has 36 heavy (non-hydrogen) atoms. The summed E-state index contributed by atoms with van der Waals surface area (Å²) < 4.78 is 15.5. The molecule has 0 aliphatic rings. The Morgan fingerprint density at radius 3 is 2.06 bits per heavy atom. The van der Waals surface area contributed by atoms with E-state index in [1.165, 1.54) is 26.4 Å². The third-order valence-electron chi connectivity index (χ3n) is 5.12. The molecule has 0 aromatic heterocycles. The van der Waals surface area contributed by atoms with Crippen LogP contribution in [0.25, 0.3) is 0 Å². The van der Waals surface area contributed by atoms with Crippen LogP contribution in [0.4, 0.5) is 17.1 Å². The molecule has 11 nitrogen and oxygen atoms in total. The average Bonchev–Trinajstić information content (AvgIpc) is 2.88. The van der Waals surface area contributed by atoms with Crippen molar-refractivity contribution in [1.82, 2.24) is 5.32 Å². The molecule has 0 heterocycles. The van der Waals surface area contributed by atoms with Crippen molar-refractivity contribution in [3.05, 3.63) is 81.9 Å². The molecule has 3 aromatic carbocycles. The fourth-order valence-electron chi connectivity index (χ4n) is 3.28. The number of methoxy groups -OCH3 is 3. The Balaban J connectivity index is 1.72. The number of anilines is 2. The maximum absolute atomic E-state index is 13.0. The van der Waals surface area contributed by atoms with Crippen molar-refractivity contribution in [3.8, 4) is 17.2 Å². The van der Waals surface area contributed by atoms with E-state index in [0.717, 1.165) is 17.4 Å². The molecule has 0 unspecified atom stereocenters. The highest BCUT2D eigenvalue weighted by atomic mass is 16.6. The van der Waals surface area contributed by atoms with Crippen molar-refractivity contribution in [3.63, 3.8) is 0 Å². The van der Waals surface area contributed by atoms with Gasteiger partial charge in [-0.3, -0.25) is 19.7 Å². The summed E-state index contributed by atoms with van der Waals surface area (Å²) >= 11 is 0. The summed E-state index contributed by atoms with van der Waals surface area (Å²) in [4.78, 5) is 36.2. The number of rotatable bonds is 11. The van der Waals surface area contributed by atoms with Gasteiger partial charge in [-0.25, -0.2) is 0 Å². The second-order valence-electron chi connectivity index (χ2n) is 7.54. The number of benzene rings is 3. The molecular weight excluding hydrogens is 468 g/mol. The lowest BCUT2D eigenvalue weighted by Crippen LogP contribution is -2.28. The predicted molar refractivity (Wildman–Crippen MR) is 134 cm³/mol. The van der Waals surface area contributed by atoms with Gasteiger partial charge in [-0.15, -0.1) is 0 Å². The molecule has 0 fully saturated rings. The first-order valence-electron chi connectivity index (χ1n) is 10.8. The molecule has 188 valence electrons. The van der Waals surface area contributed by atoms with Crippen LogP contribution in [-0.2, 0) is 11.3 Å². The number of hydrogen-bond donors (Lipinski definition) is 3. The van der Waals surface area contributed by atoms with Gasteiger partial charge in [-0.2, -0.15) is 0 Å². The first-order valence-corrected chi connectivity index (χ1v) is 10.8. The average molecular weight is 495 g/mol. The molecular formula is C25H26N4O7. The molecule has 0 saturated carbocycles. The number of amides is 2. The smallest absolute Gasteiger partial charge is 0.270 e. The molecule has 3 N–H and O–H groups in total. The molecule has 0 atom stereocenters. The summed E-state index contributed by atoms with van der Waals surface area (Å²) in [5.41, 5.74) is 1.06. The highest BCUT2D eigenvalue weighted by Gasteiger charge is 2.19. The van der Waals surface area contributed by atoms with E-state index >= 15 is 0 Å². The Kier molecular flexibility index (Phi) is 8.79. The van der Waals surface area contributed by atoms with Crippen LogP contribution < -0.4 is 30.2 Å². The first kappa shape index (κ1) is 26.0. The minimum atomic E-state index is -0.657. The lowest BCUT2D eigenvalue weighted by atomic mass is 10.1. The Labute approximate surface area is 207 Å². The van der Waals surface area contributed by atoms with Gasteiger partial charge in [0.15, 0.2) is 0 Å². The first-order chi connectivity index (χ1) is 17.3. The van der Waals surface area contributed by atoms with Gasteiger partial charge in [-0.1, -0.05) is 12.1 Å². The van der Waals surface area contributed by atoms with Crippen LogP contribution in [0.5, 0.6) is 17.2 Å². The maximum atomic E-state index is 13.0. The zero-order valence-corrected chi connectivity index (χ0v) is 20.0. The van der Waals surface area contributed by atoms with E-state index < -0.39 is 16.7 Å². The molecule has 0 bridgehead atoms. The second-order valence-corrected chi connectivity index (χ2v) is 7.54. The SMILES string of the molecule is COc1ccc(CNCC(=O)Nc2ccc([N+](=O)[O-])cc2C(=O)Nc2cc(OC)cc(OC)c2)cc1. The van der Waals surface area contributed by atoms with Crippen molar-refractivity contribution in [2.24, 2.45) is 0 Å². The van der Waals surface area contributed by atoms with E-state index in [1.807, 2.05) is 24.3 Å². The zero-order valence-electron chi connectivity index (χ0n) is 20.0. The number of ether oxygens (including phenoxy) is 3. The second kappa shape index (κ2) is 12.2. The van der Waals surface area contributed by atoms with E-state index in [9.17, 15) is 19.7 Å². The minimum absolute atomic E-state index is 0.0445. The van der Waals surface area contributed by atoms with E-state index in [0.29, 0.717) is 23.7 Å². The van der Waals surface area contributed by atoms with Crippen LogP contribution in [0.2, 0.25) is 0 Å². The summed E-state index contributed by atoms with van der Waals surface area (Å²) in [6.45, 7) is 0.389. The van der Waals surface area contributed by atoms with Crippen molar-refractivity contribution < 1.29 is 28.7 Å². The standard InChI is InChI=1S/C25H26N4O7/c1-34-19-7-4-16(5-8-19)14-26-15-24(30)28-23-9-6-18(29(32)33)12-22(23)25(31)27-17-10-20(35-2)13-21(11-17)36-3/h4-13,26H,14-15H2,1-3H3,(H,27,31)(H,28,30). The van der Waals surface area contributed by atoms with E-state index in [-0.39, 0.29) is 23.5 Å². The number of nitrogens with one attached hydrogen (secondary N) is 3. The minimum Gasteiger partial charge on any atom is -0.497 e. The normalized spacial score (nSPS) is 10.3. The van der Waals surface area contributed by atoms with Gasteiger partial charge < -0.3 is 30.2 Å². The summed E-state index contributed by atoms with van der Waals surface area (Å²) in [5.74, 6) is 0.540. The van der Waals surface area contributed by atoms with Gasteiger partial charge in [0.25, 0.3) is 11.6 Å². The fourth-order valence-corrected chi connectivity index (χ4v) is 3.28.